The lowest BCUT2D eigenvalue weighted by atomic mass is 10.0. The topological polar surface area (TPSA) is 60.8 Å². The van der Waals surface area contributed by atoms with Crippen LogP contribution in [-0.4, -0.2) is 46.8 Å². The van der Waals surface area contributed by atoms with E-state index in [-0.39, 0.29) is 6.54 Å². The lowest BCUT2D eigenvalue weighted by Gasteiger charge is -2.15. The maximum absolute atomic E-state index is 10.4. The molecule has 1 saturated heterocycles. The van der Waals surface area contributed by atoms with E-state index in [9.17, 15) is 9.90 Å². The maximum Gasteiger partial charge on any atom is 0.337 e. The molecule has 1 atom stereocenters. The number of aliphatic carboxylic acids is 1. The van der Waals surface area contributed by atoms with E-state index in [0.717, 1.165) is 0 Å². The van der Waals surface area contributed by atoms with Gasteiger partial charge < -0.3 is 15.1 Å². The molecule has 4 nitrogen and oxygen atoms in total. The van der Waals surface area contributed by atoms with Crippen molar-refractivity contribution in [2.75, 3.05) is 20.1 Å². The summed E-state index contributed by atoms with van der Waals surface area (Å²) in [4.78, 5) is 12.2. The molecule has 4 heteroatoms. The first kappa shape index (κ1) is 7.50. The number of carboxylic acids is 1. The average molecular weight is 145 g/mol. The maximum atomic E-state index is 10.4. The summed E-state index contributed by atoms with van der Waals surface area (Å²) in [7, 11) is 1.79. The average Bonchev–Trinajstić information content (AvgIpc) is 2.13. The molecule has 10 heavy (non-hydrogen) atoms. The molecule has 2 N–H and O–H groups in total. The first-order valence-electron chi connectivity index (χ1n) is 3.19. The zero-order chi connectivity index (χ0) is 7.78. The van der Waals surface area contributed by atoms with Gasteiger partial charge >= 0.3 is 5.97 Å². The predicted octanol–water partition coefficient (Wildman–Crippen LogP) is -0.862. The van der Waals surface area contributed by atoms with Gasteiger partial charge in [-0.15, -0.1) is 0 Å². The minimum Gasteiger partial charge on any atom is -0.479 e. The SMILES string of the molecule is CN1CCC(O)(C(=O)O)C1. The number of likely N-dealkylation sites (N-methyl/N-ethyl adjacent to an activating group) is 1. The molecule has 0 aromatic carbocycles. The van der Waals surface area contributed by atoms with Crippen LogP contribution in [0.25, 0.3) is 0 Å². The standard InChI is InChI=1S/C6H11NO3/c1-7-3-2-6(10,4-7)5(8)9/h10H,2-4H2,1H3,(H,8,9). The monoisotopic (exact) mass is 145 g/mol. The highest BCUT2D eigenvalue weighted by Gasteiger charge is 2.41. The van der Waals surface area contributed by atoms with Gasteiger partial charge in [0, 0.05) is 19.5 Å². The number of aliphatic hydroxyl groups is 1. The number of carboxylic acid groups (broad SMARTS) is 1. The van der Waals surface area contributed by atoms with Gasteiger partial charge in [0.05, 0.1) is 0 Å². The minimum absolute atomic E-state index is 0.238. The Labute approximate surface area is 59.1 Å². The van der Waals surface area contributed by atoms with E-state index < -0.39 is 11.6 Å². The fourth-order valence-electron chi connectivity index (χ4n) is 1.16. The molecular weight excluding hydrogens is 134 g/mol. The van der Waals surface area contributed by atoms with Crippen molar-refractivity contribution >= 4 is 5.97 Å². The van der Waals surface area contributed by atoms with Crippen molar-refractivity contribution in [2.45, 2.75) is 12.0 Å². The van der Waals surface area contributed by atoms with Gasteiger partial charge in [-0.25, -0.2) is 4.79 Å². The Hall–Kier alpha value is -0.610. The van der Waals surface area contributed by atoms with Crippen LogP contribution in [0.4, 0.5) is 0 Å². The third-order valence-electron chi connectivity index (χ3n) is 1.84. The largest absolute Gasteiger partial charge is 0.479 e. The normalized spacial score (nSPS) is 34.6. The Balaban J connectivity index is 2.63. The second kappa shape index (κ2) is 2.21. The van der Waals surface area contributed by atoms with Gasteiger partial charge in [0.2, 0.25) is 0 Å². The molecular formula is C6H11NO3. The molecule has 0 radical (unpaired) electrons. The van der Waals surface area contributed by atoms with Crippen LogP contribution in [-0.2, 0) is 4.79 Å². The van der Waals surface area contributed by atoms with Crippen molar-refractivity contribution in [3.63, 3.8) is 0 Å². The van der Waals surface area contributed by atoms with Crippen LogP contribution in [0.15, 0.2) is 0 Å². The van der Waals surface area contributed by atoms with Gasteiger partial charge in [0.1, 0.15) is 0 Å². The summed E-state index contributed by atoms with van der Waals surface area (Å²) >= 11 is 0. The molecule has 0 bridgehead atoms. The van der Waals surface area contributed by atoms with Gasteiger partial charge in [0.15, 0.2) is 5.60 Å². The predicted molar refractivity (Wildman–Crippen MR) is 34.7 cm³/mol. The molecule has 0 aliphatic carbocycles. The van der Waals surface area contributed by atoms with Crippen LogP contribution in [0.2, 0.25) is 0 Å². The van der Waals surface area contributed by atoms with Gasteiger partial charge in [0.25, 0.3) is 0 Å². The first-order chi connectivity index (χ1) is 4.54. The second-order valence-corrected chi connectivity index (χ2v) is 2.82. The highest BCUT2D eigenvalue weighted by Crippen LogP contribution is 2.19. The number of hydrogen-bond acceptors (Lipinski definition) is 3. The molecule has 1 rings (SSSR count). The zero-order valence-corrected chi connectivity index (χ0v) is 5.87. The Kier molecular flexibility index (Phi) is 1.66. The lowest BCUT2D eigenvalue weighted by molar-refractivity contribution is -0.156. The lowest BCUT2D eigenvalue weighted by Crippen LogP contribution is -2.40. The van der Waals surface area contributed by atoms with Gasteiger partial charge in [-0.3, -0.25) is 0 Å². The van der Waals surface area contributed by atoms with E-state index in [1.165, 1.54) is 0 Å². The van der Waals surface area contributed by atoms with Crippen molar-refractivity contribution in [3.05, 3.63) is 0 Å². The van der Waals surface area contributed by atoms with Crippen molar-refractivity contribution in [1.82, 2.24) is 4.90 Å². The first-order valence-corrected chi connectivity index (χ1v) is 3.19. The van der Waals surface area contributed by atoms with E-state index in [0.29, 0.717) is 13.0 Å². The molecule has 0 aromatic rings. The van der Waals surface area contributed by atoms with E-state index in [1.807, 2.05) is 0 Å². The number of carbonyl (C=O) groups is 1. The van der Waals surface area contributed by atoms with Crippen molar-refractivity contribution in [1.29, 1.82) is 0 Å². The van der Waals surface area contributed by atoms with E-state index >= 15 is 0 Å². The highest BCUT2D eigenvalue weighted by atomic mass is 16.4. The van der Waals surface area contributed by atoms with Crippen LogP contribution in [0, 0.1) is 0 Å². The Morgan fingerprint density at radius 2 is 2.30 bits per heavy atom. The van der Waals surface area contributed by atoms with Gasteiger partial charge in [-0.05, 0) is 7.05 Å². The van der Waals surface area contributed by atoms with Gasteiger partial charge in [-0.1, -0.05) is 0 Å². The number of likely N-dealkylation sites (tertiary alicyclic amines) is 1. The molecule has 1 heterocycles. The van der Waals surface area contributed by atoms with E-state index in [1.54, 1.807) is 11.9 Å². The fraction of sp³-hybridized carbons (Fsp3) is 0.833. The van der Waals surface area contributed by atoms with Crippen molar-refractivity contribution in [2.24, 2.45) is 0 Å². The summed E-state index contributed by atoms with van der Waals surface area (Å²) < 4.78 is 0. The summed E-state index contributed by atoms with van der Waals surface area (Å²) in [6, 6.07) is 0. The summed E-state index contributed by atoms with van der Waals surface area (Å²) in [5.74, 6) is -1.11. The third-order valence-corrected chi connectivity index (χ3v) is 1.84. The van der Waals surface area contributed by atoms with Gasteiger partial charge in [-0.2, -0.15) is 0 Å². The molecule has 1 fully saturated rings. The number of rotatable bonds is 1. The quantitative estimate of drug-likeness (QED) is 0.504. The molecule has 1 aliphatic heterocycles. The molecule has 58 valence electrons. The molecule has 0 amide bonds. The van der Waals surface area contributed by atoms with E-state index in [4.69, 9.17) is 5.11 Å². The fourth-order valence-corrected chi connectivity index (χ4v) is 1.16. The number of hydrogen-bond donors (Lipinski definition) is 2. The smallest absolute Gasteiger partial charge is 0.337 e. The summed E-state index contributed by atoms with van der Waals surface area (Å²) in [6.45, 7) is 0.894. The van der Waals surface area contributed by atoms with Crippen LogP contribution in [0.3, 0.4) is 0 Å². The molecule has 0 spiro atoms. The number of β-amino-alcohol motifs (C(OH)–C–C–N with tert-alkyl or cyclic N) is 1. The van der Waals surface area contributed by atoms with Crippen LogP contribution < -0.4 is 0 Å². The van der Waals surface area contributed by atoms with Crippen LogP contribution in [0.5, 0.6) is 0 Å². The summed E-state index contributed by atoms with van der Waals surface area (Å²) in [5, 5.41) is 17.8. The Morgan fingerprint density at radius 1 is 1.70 bits per heavy atom. The van der Waals surface area contributed by atoms with Crippen LogP contribution in [0.1, 0.15) is 6.42 Å². The summed E-state index contributed by atoms with van der Waals surface area (Å²) in [5.41, 5.74) is -1.49. The Bertz CT molecular complexity index is 159. The molecule has 0 saturated carbocycles. The van der Waals surface area contributed by atoms with Crippen LogP contribution >= 0.6 is 0 Å². The van der Waals surface area contributed by atoms with E-state index in [2.05, 4.69) is 0 Å². The second-order valence-electron chi connectivity index (χ2n) is 2.82. The highest BCUT2D eigenvalue weighted by molar-refractivity contribution is 5.77. The molecule has 1 aliphatic rings. The number of nitrogens with zero attached hydrogens (tertiary/aromatic N) is 1. The summed E-state index contributed by atoms with van der Waals surface area (Å²) in [6.07, 6.45) is 0.332. The molecule has 0 aromatic heterocycles. The third kappa shape index (κ3) is 1.12. The molecule has 1 unspecified atom stereocenters. The minimum atomic E-state index is -1.49. The Morgan fingerprint density at radius 3 is 2.50 bits per heavy atom. The van der Waals surface area contributed by atoms with Crippen molar-refractivity contribution < 1.29 is 15.0 Å². The van der Waals surface area contributed by atoms with Crippen molar-refractivity contribution in [3.8, 4) is 0 Å². The zero-order valence-electron chi connectivity index (χ0n) is 5.87.